The van der Waals surface area contributed by atoms with Crippen LogP contribution in [0, 0.1) is 0 Å². The molecule has 76 valence electrons. The standard InChI is InChI=1S/C8H11ClN4O/c9-7-11-6(12-8(10)13-7)5-3-1-2-4-14-5/h5H,1-4H2,(H2,10,11,12,13). The van der Waals surface area contributed by atoms with Gasteiger partial charge in [-0.2, -0.15) is 15.0 Å². The van der Waals surface area contributed by atoms with Gasteiger partial charge in [-0.15, -0.1) is 0 Å². The van der Waals surface area contributed by atoms with E-state index in [1.807, 2.05) is 0 Å². The van der Waals surface area contributed by atoms with Crippen molar-refractivity contribution in [2.45, 2.75) is 25.4 Å². The maximum atomic E-state index is 5.67. The van der Waals surface area contributed by atoms with Crippen molar-refractivity contribution in [1.29, 1.82) is 0 Å². The summed E-state index contributed by atoms with van der Waals surface area (Å²) in [6.07, 6.45) is 3.05. The Balaban J connectivity index is 2.21. The van der Waals surface area contributed by atoms with Gasteiger partial charge in [0, 0.05) is 6.61 Å². The fourth-order valence-corrected chi connectivity index (χ4v) is 1.64. The van der Waals surface area contributed by atoms with Crippen molar-refractivity contribution in [3.05, 3.63) is 11.1 Å². The average Bonchev–Trinajstić information content (AvgIpc) is 2.18. The van der Waals surface area contributed by atoms with Crippen LogP contribution in [0.4, 0.5) is 5.95 Å². The lowest BCUT2D eigenvalue weighted by atomic mass is 10.1. The van der Waals surface area contributed by atoms with Crippen LogP contribution >= 0.6 is 11.6 Å². The maximum Gasteiger partial charge on any atom is 0.227 e. The summed E-state index contributed by atoms with van der Waals surface area (Å²) in [7, 11) is 0. The van der Waals surface area contributed by atoms with E-state index < -0.39 is 0 Å². The van der Waals surface area contributed by atoms with Crippen LogP contribution < -0.4 is 5.73 Å². The van der Waals surface area contributed by atoms with Crippen LogP contribution in [0.1, 0.15) is 31.2 Å². The molecule has 0 radical (unpaired) electrons. The fourth-order valence-electron chi connectivity index (χ4n) is 1.47. The minimum absolute atomic E-state index is 0.0773. The largest absolute Gasteiger partial charge is 0.370 e. The molecule has 1 saturated heterocycles. The lowest BCUT2D eigenvalue weighted by Crippen LogP contribution is -2.15. The SMILES string of the molecule is Nc1nc(Cl)nc(C2CCCCO2)n1. The molecule has 0 aliphatic carbocycles. The molecule has 1 aromatic rings. The first-order valence-corrected chi connectivity index (χ1v) is 4.92. The van der Waals surface area contributed by atoms with Crippen LogP contribution in [0.5, 0.6) is 0 Å². The number of anilines is 1. The monoisotopic (exact) mass is 214 g/mol. The second kappa shape index (κ2) is 4.06. The third kappa shape index (κ3) is 2.10. The van der Waals surface area contributed by atoms with E-state index in [1.54, 1.807) is 0 Å². The van der Waals surface area contributed by atoms with Crippen molar-refractivity contribution < 1.29 is 4.74 Å². The number of aromatic nitrogens is 3. The summed E-state index contributed by atoms with van der Waals surface area (Å²) in [5.74, 6) is 0.691. The van der Waals surface area contributed by atoms with Crippen LogP contribution in [0.15, 0.2) is 0 Å². The Kier molecular flexibility index (Phi) is 2.79. The van der Waals surface area contributed by atoms with Gasteiger partial charge in [0.25, 0.3) is 0 Å². The zero-order valence-electron chi connectivity index (χ0n) is 7.61. The molecular formula is C8H11ClN4O. The average molecular weight is 215 g/mol. The number of halogens is 1. The lowest BCUT2D eigenvalue weighted by molar-refractivity contribution is 0.00941. The summed E-state index contributed by atoms with van der Waals surface area (Å²) in [6, 6.07) is 0. The van der Waals surface area contributed by atoms with E-state index in [1.165, 1.54) is 0 Å². The molecule has 1 unspecified atom stereocenters. The number of nitrogen functional groups attached to an aromatic ring is 1. The van der Waals surface area contributed by atoms with Gasteiger partial charge in [-0.3, -0.25) is 0 Å². The Morgan fingerprint density at radius 3 is 2.79 bits per heavy atom. The first-order chi connectivity index (χ1) is 6.75. The lowest BCUT2D eigenvalue weighted by Gasteiger charge is -2.20. The number of ether oxygens (including phenoxy) is 1. The Bertz CT molecular complexity index is 307. The maximum absolute atomic E-state index is 5.67. The molecule has 1 atom stereocenters. The highest BCUT2D eigenvalue weighted by Gasteiger charge is 2.19. The van der Waals surface area contributed by atoms with Crippen LogP contribution in [0.2, 0.25) is 5.28 Å². The second-order valence-corrected chi connectivity index (χ2v) is 3.51. The predicted molar refractivity (Wildman–Crippen MR) is 51.8 cm³/mol. The van der Waals surface area contributed by atoms with Gasteiger partial charge < -0.3 is 10.5 Å². The van der Waals surface area contributed by atoms with Gasteiger partial charge in [0.15, 0.2) is 5.82 Å². The topological polar surface area (TPSA) is 73.9 Å². The molecule has 1 aliphatic heterocycles. The van der Waals surface area contributed by atoms with E-state index in [4.69, 9.17) is 22.1 Å². The highest BCUT2D eigenvalue weighted by Crippen LogP contribution is 2.25. The highest BCUT2D eigenvalue weighted by molar-refractivity contribution is 6.28. The smallest absolute Gasteiger partial charge is 0.227 e. The number of rotatable bonds is 1. The fraction of sp³-hybridized carbons (Fsp3) is 0.625. The summed E-state index contributed by atoms with van der Waals surface area (Å²) in [5.41, 5.74) is 5.46. The van der Waals surface area contributed by atoms with Crippen LogP contribution in [0.25, 0.3) is 0 Å². The van der Waals surface area contributed by atoms with Crippen molar-refractivity contribution in [2.24, 2.45) is 0 Å². The molecule has 2 N–H and O–H groups in total. The summed E-state index contributed by atoms with van der Waals surface area (Å²) < 4.78 is 5.51. The number of hydrogen-bond donors (Lipinski definition) is 1. The number of nitrogens with zero attached hydrogens (tertiary/aromatic N) is 3. The minimum Gasteiger partial charge on any atom is -0.370 e. The van der Waals surface area contributed by atoms with E-state index in [-0.39, 0.29) is 17.3 Å². The molecule has 14 heavy (non-hydrogen) atoms. The molecule has 0 bridgehead atoms. The van der Waals surface area contributed by atoms with Gasteiger partial charge in [0.05, 0.1) is 0 Å². The normalized spacial score (nSPS) is 22.2. The zero-order chi connectivity index (χ0) is 9.97. The van der Waals surface area contributed by atoms with E-state index >= 15 is 0 Å². The molecule has 0 amide bonds. The molecule has 1 aromatic heterocycles. The van der Waals surface area contributed by atoms with E-state index in [0.29, 0.717) is 5.82 Å². The van der Waals surface area contributed by atoms with Gasteiger partial charge in [0.1, 0.15) is 6.10 Å². The zero-order valence-corrected chi connectivity index (χ0v) is 8.37. The molecule has 6 heteroatoms. The Morgan fingerprint density at radius 2 is 2.14 bits per heavy atom. The summed E-state index contributed by atoms with van der Waals surface area (Å²) in [6.45, 7) is 0.744. The first-order valence-electron chi connectivity index (χ1n) is 4.54. The van der Waals surface area contributed by atoms with Crippen molar-refractivity contribution in [2.75, 3.05) is 12.3 Å². The summed E-state index contributed by atoms with van der Waals surface area (Å²) in [5, 5.41) is 0.127. The Labute approximate surface area is 86.7 Å². The quantitative estimate of drug-likeness (QED) is 0.764. The van der Waals surface area contributed by atoms with Gasteiger partial charge in [-0.1, -0.05) is 0 Å². The van der Waals surface area contributed by atoms with Crippen LogP contribution in [0.3, 0.4) is 0 Å². The van der Waals surface area contributed by atoms with Crippen molar-refractivity contribution in [1.82, 2.24) is 15.0 Å². The molecule has 0 spiro atoms. The molecule has 1 fully saturated rings. The Hall–Kier alpha value is -0.940. The summed E-state index contributed by atoms with van der Waals surface area (Å²) >= 11 is 5.67. The predicted octanol–water partition coefficient (Wildman–Crippen LogP) is 1.35. The van der Waals surface area contributed by atoms with E-state index in [9.17, 15) is 0 Å². The van der Waals surface area contributed by atoms with Gasteiger partial charge >= 0.3 is 0 Å². The molecule has 0 aromatic carbocycles. The summed E-state index contributed by atoms with van der Waals surface area (Å²) in [4.78, 5) is 11.7. The van der Waals surface area contributed by atoms with Crippen molar-refractivity contribution in [3.8, 4) is 0 Å². The molecule has 1 aliphatic rings. The van der Waals surface area contributed by atoms with Crippen molar-refractivity contribution >= 4 is 17.5 Å². The van der Waals surface area contributed by atoms with E-state index in [2.05, 4.69) is 15.0 Å². The highest BCUT2D eigenvalue weighted by atomic mass is 35.5. The van der Waals surface area contributed by atoms with Crippen LogP contribution in [-0.4, -0.2) is 21.6 Å². The third-order valence-electron chi connectivity index (χ3n) is 2.11. The molecule has 2 heterocycles. The van der Waals surface area contributed by atoms with Gasteiger partial charge in [0.2, 0.25) is 11.2 Å². The van der Waals surface area contributed by atoms with Gasteiger partial charge in [-0.25, -0.2) is 0 Å². The third-order valence-corrected chi connectivity index (χ3v) is 2.28. The first kappa shape index (κ1) is 9.61. The molecule has 2 rings (SSSR count). The van der Waals surface area contributed by atoms with Crippen molar-refractivity contribution in [3.63, 3.8) is 0 Å². The van der Waals surface area contributed by atoms with Gasteiger partial charge in [-0.05, 0) is 30.9 Å². The Morgan fingerprint density at radius 1 is 1.29 bits per heavy atom. The minimum atomic E-state index is -0.0773. The molecular weight excluding hydrogens is 204 g/mol. The van der Waals surface area contributed by atoms with Crippen LogP contribution in [-0.2, 0) is 4.74 Å². The number of nitrogens with two attached hydrogens (primary N) is 1. The number of hydrogen-bond acceptors (Lipinski definition) is 5. The van der Waals surface area contributed by atoms with E-state index in [0.717, 1.165) is 25.9 Å². The second-order valence-electron chi connectivity index (χ2n) is 3.18. The molecule has 0 saturated carbocycles. The molecule has 5 nitrogen and oxygen atoms in total.